The van der Waals surface area contributed by atoms with Gasteiger partial charge in [0, 0.05) is 13.5 Å². The molecule has 0 aliphatic heterocycles. The van der Waals surface area contributed by atoms with Crippen molar-refractivity contribution in [3.8, 4) is 11.5 Å². The Morgan fingerprint density at radius 2 is 1.59 bits per heavy atom. The van der Waals surface area contributed by atoms with Crippen molar-refractivity contribution < 1.29 is 28.5 Å². The van der Waals surface area contributed by atoms with Gasteiger partial charge in [-0.2, -0.15) is 0 Å². The van der Waals surface area contributed by atoms with Gasteiger partial charge in [0.05, 0.1) is 28.8 Å². The van der Waals surface area contributed by atoms with Crippen molar-refractivity contribution in [3.63, 3.8) is 0 Å². The van der Waals surface area contributed by atoms with Gasteiger partial charge in [-0.25, -0.2) is 9.59 Å². The average molecular weight is 499 g/mol. The molecule has 7 heteroatoms. The van der Waals surface area contributed by atoms with Crippen molar-refractivity contribution in [2.24, 2.45) is 0 Å². The van der Waals surface area contributed by atoms with E-state index < -0.39 is 11.9 Å². The zero-order chi connectivity index (χ0) is 22.8. The molecule has 0 aliphatic carbocycles. The van der Waals surface area contributed by atoms with Gasteiger partial charge in [-0.1, -0.05) is 36.4 Å². The van der Waals surface area contributed by atoms with E-state index in [2.05, 4.69) is 15.9 Å². The zero-order valence-electron chi connectivity index (χ0n) is 17.6. The van der Waals surface area contributed by atoms with Crippen LogP contribution in [0.4, 0.5) is 0 Å². The van der Waals surface area contributed by atoms with Gasteiger partial charge < -0.3 is 18.9 Å². The summed E-state index contributed by atoms with van der Waals surface area (Å²) in [5.74, 6) is -0.175. The molecule has 32 heavy (non-hydrogen) atoms. The first-order valence-corrected chi connectivity index (χ1v) is 10.8. The van der Waals surface area contributed by atoms with Crippen LogP contribution in [0.15, 0.2) is 77.3 Å². The maximum atomic E-state index is 12.5. The highest BCUT2D eigenvalue weighted by Gasteiger charge is 2.14. The third kappa shape index (κ3) is 6.93. The molecule has 0 atom stereocenters. The molecule has 0 aromatic heterocycles. The number of hydrogen-bond donors (Lipinski definition) is 0. The normalized spacial score (nSPS) is 10.4. The van der Waals surface area contributed by atoms with Crippen LogP contribution < -0.4 is 9.47 Å². The Kier molecular flexibility index (Phi) is 8.83. The first-order chi connectivity index (χ1) is 15.6. The van der Waals surface area contributed by atoms with Crippen molar-refractivity contribution in [1.82, 2.24) is 0 Å². The predicted octanol–water partition coefficient (Wildman–Crippen LogP) is 5.09. The molecule has 0 unspecified atom stereocenters. The van der Waals surface area contributed by atoms with Crippen LogP contribution in [0.3, 0.4) is 0 Å². The largest absolute Gasteiger partial charge is 0.490 e. The Morgan fingerprint density at radius 1 is 0.812 bits per heavy atom. The zero-order valence-corrected chi connectivity index (χ0v) is 19.2. The molecule has 0 fully saturated rings. The lowest BCUT2D eigenvalue weighted by Crippen LogP contribution is -2.11. The summed E-state index contributed by atoms with van der Waals surface area (Å²) in [5, 5.41) is 0. The quantitative estimate of drug-likeness (QED) is 0.220. The van der Waals surface area contributed by atoms with Crippen LogP contribution in [-0.4, -0.2) is 38.9 Å². The third-order valence-electron chi connectivity index (χ3n) is 4.46. The van der Waals surface area contributed by atoms with E-state index in [1.165, 1.54) is 6.07 Å². The number of halogens is 1. The maximum absolute atomic E-state index is 12.5. The van der Waals surface area contributed by atoms with E-state index >= 15 is 0 Å². The lowest BCUT2D eigenvalue weighted by Gasteiger charge is -2.10. The number of rotatable bonds is 10. The van der Waals surface area contributed by atoms with Crippen LogP contribution in [0, 0.1) is 0 Å². The fraction of sp³-hybridized carbons (Fsp3) is 0.200. The molecule has 0 heterocycles. The van der Waals surface area contributed by atoms with E-state index in [0.717, 1.165) is 5.56 Å². The standard InChI is InChI=1S/C25H23BrO6/c1-29-14-15-30-23-11-10-20(17-22(23)26)25(28)32-21-9-5-8-19(16-21)24(27)31-13-12-18-6-3-2-4-7-18/h2-11,16-17H,12-15H2,1H3. The van der Waals surface area contributed by atoms with E-state index in [0.29, 0.717) is 41.0 Å². The Hall–Kier alpha value is -3.16. The van der Waals surface area contributed by atoms with Gasteiger partial charge in [0.25, 0.3) is 0 Å². The van der Waals surface area contributed by atoms with Gasteiger partial charge >= 0.3 is 11.9 Å². The summed E-state index contributed by atoms with van der Waals surface area (Å²) in [6, 6.07) is 21.0. The van der Waals surface area contributed by atoms with Crippen molar-refractivity contribution in [1.29, 1.82) is 0 Å². The Morgan fingerprint density at radius 3 is 2.34 bits per heavy atom. The molecule has 6 nitrogen and oxygen atoms in total. The first kappa shape index (κ1) is 23.5. The highest BCUT2D eigenvalue weighted by atomic mass is 79.9. The molecule has 0 saturated carbocycles. The fourth-order valence-corrected chi connectivity index (χ4v) is 3.32. The van der Waals surface area contributed by atoms with Gasteiger partial charge in [-0.3, -0.25) is 0 Å². The van der Waals surface area contributed by atoms with E-state index in [1.54, 1.807) is 43.5 Å². The van der Waals surface area contributed by atoms with Crippen molar-refractivity contribution in [3.05, 3.63) is 94.0 Å². The van der Waals surface area contributed by atoms with Crippen molar-refractivity contribution in [2.75, 3.05) is 26.9 Å². The van der Waals surface area contributed by atoms with Crippen LogP contribution >= 0.6 is 15.9 Å². The molecule has 0 aliphatic rings. The summed E-state index contributed by atoms with van der Waals surface area (Å²) in [5.41, 5.74) is 1.74. The molecule has 3 aromatic rings. The average Bonchev–Trinajstić information content (AvgIpc) is 2.81. The second-order valence-electron chi connectivity index (χ2n) is 6.78. The summed E-state index contributed by atoms with van der Waals surface area (Å²) < 4.78 is 21.9. The monoisotopic (exact) mass is 498 g/mol. The minimum atomic E-state index is -0.552. The second-order valence-corrected chi connectivity index (χ2v) is 7.63. The molecule has 3 aromatic carbocycles. The van der Waals surface area contributed by atoms with Crippen LogP contribution in [0.25, 0.3) is 0 Å². The van der Waals surface area contributed by atoms with E-state index in [-0.39, 0.29) is 12.4 Å². The second kappa shape index (κ2) is 12.0. The molecule has 166 valence electrons. The van der Waals surface area contributed by atoms with E-state index in [9.17, 15) is 9.59 Å². The Bertz CT molecular complexity index is 1050. The van der Waals surface area contributed by atoms with Gasteiger partial charge in [0.1, 0.15) is 18.1 Å². The number of hydrogen-bond acceptors (Lipinski definition) is 6. The number of benzene rings is 3. The van der Waals surface area contributed by atoms with E-state index in [4.69, 9.17) is 18.9 Å². The maximum Gasteiger partial charge on any atom is 0.343 e. The first-order valence-electron chi connectivity index (χ1n) is 10.0. The molecule has 0 bridgehead atoms. The summed E-state index contributed by atoms with van der Waals surface area (Å²) >= 11 is 3.39. The molecule has 0 spiro atoms. The summed E-state index contributed by atoms with van der Waals surface area (Å²) in [7, 11) is 1.59. The van der Waals surface area contributed by atoms with Crippen LogP contribution in [-0.2, 0) is 15.9 Å². The van der Waals surface area contributed by atoms with Crippen LogP contribution in [0.2, 0.25) is 0 Å². The van der Waals surface area contributed by atoms with Gasteiger partial charge in [-0.15, -0.1) is 0 Å². The van der Waals surface area contributed by atoms with Crippen LogP contribution in [0.5, 0.6) is 11.5 Å². The minimum Gasteiger partial charge on any atom is -0.490 e. The highest BCUT2D eigenvalue weighted by Crippen LogP contribution is 2.27. The number of carbonyl (C=O) groups excluding carboxylic acids is 2. The molecule has 0 N–H and O–H groups in total. The smallest absolute Gasteiger partial charge is 0.343 e. The lowest BCUT2D eigenvalue weighted by molar-refractivity contribution is 0.0507. The summed E-state index contributed by atoms with van der Waals surface area (Å²) in [4.78, 5) is 24.9. The van der Waals surface area contributed by atoms with Gasteiger partial charge in [0.15, 0.2) is 0 Å². The molecule has 0 amide bonds. The molecule has 0 radical (unpaired) electrons. The summed E-state index contributed by atoms with van der Waals surface area (Å²) in [6.07, 6.45) is 0.626. The Balaban J connectivity index is 1.57. The fourth-order valence-electron chi connectivity index (χ4n) is 2.82. The van der Waals surface area contributed by atoms with Crippen LogP contribution in [0.1, 0.15) is 26.3 Å². The molecule has 3 rings (SSSR count). The predicted molar refractivity (Wildman–Crippen MR) is 123 cm³/mol. The minimum absolute atomic E-state index is 0.254. The van der Waals surface area contributed by atoms with Gasteiger partial charge in [0.2, 0.25) is 0 Å². The third-order valence-corrected chi connectivity index (χ3v) is 5.08. The topological polar surface area (TPSA) is 71.1 Å². The number of ether oxygens (including phenoxy) is 4. The summed E-state index contributed by atoms with van der Waals surface area (Å²) in [6.45, 7) is 1.12. The number of methoxy groups -OCH3 is 1. The number of esters is 2. The lowest BCUT2D eigenvalue weighted by atomic mass is 10.2. The Labute approximate surface area is 195 Å². The van der Waals surface area contributed by atoms with E-state index in [1.807, 2.05) is 30.3 Å². The molecule has 0 saturated heterocycles. The highest BCUT2D eigenvalue weighted by molar-refractivity contribution is 9.10. The number of carbonyl (C=O) groups is 2. The molecular weight excluding hydrogens is 476 g/mol. The van der Waals surface area contributed by atoms with Gasteiger partial charge in [-0.05, 0) is 57.9 Å². The van der Waals surface area contributed by atoms with Crippen molar-refractivity contribution >= 4 is 27.9 Å². The molecular formula is C25H23BrO6. The SMILES string of the molecule is COCCOc1ccc(C(=O)Oc2cccc(C(=O)OCCc3ccccc3)c2)cc1Br. The van der Waals surface area contributed by atoms with Crippen molar-refractivity contribution in [2.45, 2.75) is 6.42 Å².